The summed E-state index contributed by atoms with van der Waals surface area (Å²) >= 11 is 0. The van der Waals surface area contributed by atoms with Gasteiger partial charge >= 0.3 is 6.18 Å². The highest BCUT2D eigenvalue weighted by atomic mass is 19.4. The maximum Gasteiger partial charge on any atom is 0.416 e. The van der Waals surface area contributed by atoms with Gasteiger partial charge in [-0.15, -0.1) is 0 Å². The number of rotatable bonds is 7. The van der Waals surface area contributed by atoms with Crippen molar-refractivity contribution >= 4 is 17.8 Å². The van der Waals surface area contributed by atoms with Crippen molar-refractivity contribution in [3.63, 3.8) is 0 Å². The second-order valence-corrected chi connectivity index (χ2v) is 9.19. The molecule has 1 saturated heterocycles. The number of alkyl halides is 3. The average Bonchev–Trinajstić information content (AvgIpc) is 3.16. The highest BCUT2D eigenvalue weighted by molar-refractivity contribution is 6.21. The molecule has 192 valence electrons. The van der Waals surface area contributed by atoms with Gasteiger partial charge in [0, 0.05) is 50.7 Å². The lowest BCUT2D eigenvalue weighted by molar-refractivity contribution is -0.137. The number of carbonyl (C=O) groups is 2. The number of imide groups is 1. The van der Waals surface area contributed by atoms with Gasteiger partial charge in [0.05, 0.1) is 16.7 Å². The van der Waals surface area contributed by atoms with E-state index in [0.717, 1.165) is 73.4 Å². The molecule has 1 aromatic heterocycles. The number of piperazine rings is 1. The van der Waals surface area contributed by atoms with Crippen molar-refractivity contribution in [2.45, 2.75) is 19.0 Å². The topological polar surface area (TPSA) is 69.6 Å². The molecular formula is C27H26F3N5O2. The highest BCUT2D eigenvalue weighted by Crippen LogP contribution is 2.33. The summed E-state index contributed by atoms with van der Waals surface area (Å²) < 4.78 is 38.9. The lowest BCUT2D eigenvalue weighted by Gasteiger charge is -2.34. The Balaban J connectivity index is 1.07. The van der Waals surface area contributed by atoms with Crippen LogP contribution in [0.25, 0.3) is 11.1 Å². The molecule has 2 aromatic carbocycles. The predicted octanol–water partition coefficient (Wildman–Crippen LogP) is 4.36. The SMILES string of the molecule is O=C1c2ccc(C(F)(F)F)cc2C(=O)N1CCCCN1CCN(c2ncc(-c3ccccc3)cn2)CC1. The van der Waals surface area contributed by atoms with Gasteiger partial charge in [0.25, 0.3) is 11.8 Å². The van der Waals surface area contributed by atoms with Gasteiger partial charge < -0.3 is 4.90 Å². The molecule has 0 bridgehead atoms. The molecule has 0 unspecified atom stereocenters. The molecule has 10 heteroatoms. The molecule has 2 amide bonds. The fourth-order valence-corrected chi connectivity index (χ4v) is 4.71. The molecule has 37 heavy (non-hydrogen) atoms. The number of benzene rings is 2. The van der Waals surface area contributed by atoms with Gasteiger partial charge in [-0.25, -0.2) is 9.97 Å². The van der Waals surface area contributed by atoms with E-state index < -0.39 is 23.6 Å². The predicted molar refractivity (Wildman–Crippen MR) is 132 cm³/mol. The first-order chi connectivity index (χ1) is 17.8. The van der Waals surface area contributed by atoms with Gasteiger partial charge in [-0.3, -0.25) is 19.4 Å². The van der Waals surface area contributed by atoms with Crippen LogP contribution in [0.15, 0.2) is 60.9 Å². The zero-order chi connectivity index (χ0) is 26.0. The van der Waals surface area contributed by atoms with Crippen LogP contribution in [0.5, 0.6) is 0 Å². The Morgan fingerprint density at radius 3 is 2.08 bits per heavy atom. The van der Waals surface area contributed by atoms with Crippen LogP contribution in [-0.2, 0) is 6.18 Å². The number of carbonyl (C=O) groups excluding carboxylic acids is 2. The van der Waals surface area contributed by atoms with Crippen LogP contribution in [-0.4, -0.2) is 70.9 Å². The van der Waals surface area contributed by atoms with Crippen LogP contribution >= 0.6 is 0 Å². The fraction of sp³-hybridized carbons (Fsp3) is 0.333. The summed E-state index contributed by atoms with van der Waals surface area (Å²) in [6.45, 7) is 4.28. The molecule has 3 heterocycles. The third-order valence-corrected chi connectivity index (χ3v) is 6.80. The zero-order valence-electron chi connectivity index (χ0n) is 20.1. The molecule has 0 aliphatic carbocycles. The summed E-state index contributed by atoms with van der Waals surface area (Å²) in [5, 5.41) is 0. The van der Waals surface area contributed by atoms with Gasteiger partial charge in [0.15, 0.2) is 0 Å². The minimum atomic E-state index is -4.56. The molecule has 3 aromatic rings. The first-order valence-corrected chi connectivity index (χ1v) is 12.2. The lowest BCUT2D eigenvalue weighted by Crippen LogP contribution is -2.47. The Morgan fingerprint density at radius 2 is 1.41 bits per heavy atom. The molecule has 2 aliphatic heterocycles. The van der Waals surface area contributed by atoms with Crippen LogP contribution < -0.4 is 4.90 Å². The maximum absolute atomic E-state index is 13.0. The van der Waals surface area contributed by atoms with Gasteiger partial charge in [-0.1, -0.05) is 30.3 Å². The summed E-state index contributed by atoms with van der Waals surface area (Å²) in [7, 11) is 0. The molecule has 2 aliphatic rings. The van der Waals surface area contributed by atoms with E-state index in [1.165, 1.54) is 0 Å². The Morgan fingerprint density at radius 1 is 0.757 bits per heavy atom. The van der Waals surface area contributed by atoms with E-state index in [4.69, 9.17) is 0 Å². The normalized spacial score (nSPS) is 16.4. The second-order valence-electron chi connectivity index (χ2n) is 9.19. The van der Waals surface area contributed by atoms with Gasteiger partial charge in [-0.05, 0) is 43.1 Å². The van der Waals surface area contributed by atoms with Gasteiger partial charge in [0.1, 0.15) is 0 Å². The largest absolute Gasteiger partial charge is 0.416 e. The third-order valence-electron chi connectivity index (χ3n) is 6.80. The summed E-state index contributed by atoms with van der Waals surface area (Å²) in [5.41, 5.74) is 0.988. The summed E-state index contributed by atoms with van der Waals surface area (Å²) in [6, 6.07) is 12.7. The lowest BCUT2D eigenvalue weighted by atomic mass is 10.1. The molecular weight excluding hydrogens is 483 g/mol. The van der Waals surface area contributed by atoms with E-state index >= 15 is 0 Å². The van der Waals surface area contributed by atoms with Crippen molar-refractivity contribution in [1.82, 2.24) is 19.8 Å². The third kappa shape index (κ3) is 5.34. The number of fused-ring (bicyclic) bond motifs is 1. The number of amides is 2. The first-order valence-electron chi connectivity index (χ1n) is 12.2. The van der Waals surface area contributed by atoms with Crippen molar-refractivity contribution in [2.24, 2.45) is 0 Å². The van der Waals surface area contributed by atoms with E-state index in [1.807, 2.05) is 42.7 Å². The molecule has 0 spiro atoms. The number of halogens is 3. The quantitative estimate of drug-likeness (QED) is 0.348. The summed E-state index contributed by atoms with van der Waals surface area (Å²) in [6.07, 6.45) is 0.472. The van der Waals surface area contributed by atoms with Crippen molar-refractivity contribution in [2.75, 3.05) is 44.2 Å². The minimum Gasteiger partial charge on any atom is -0.338 e. The van der Waals surface area contributed by atoms with Crippen LogP contribution in [0.2, 0.25) is 0 Å². The monoisotopic (exact) mass is 509 g/mol. The summed E-state index contributed by atoms with van der Waals surface area (Å²) in [4.78, 5) is 39.7. The number of hydrogen-bond donors (Lipinski definition) is 0. The Bertz CT molecular complexity index is 1270. The van der Waals surface area contributed by atoms with Crippen molar-refractivity contribution in [3.8, 4) is 11.1 Å². The molecule has 1 fully saturated rings. The Kier molecular flexibility index (Phi) is 6.92. The van der Waals surface area contributed by atoms with Crippen molar-refractivity contribution < 1.29 is 22.8 Å². The molecule has 7 nitrogen and oxygen atoms in total. The molecule has 0 radical (unpaired) electrons. The zero-order valence-corrected chi connectivity index (χ0v) is 20.1. The van der Waals surface area contributed by atoms with Crippen molar-refractivity contribution in [3.05, 3.63) is 77.6 Å². The number of nitrogens with zero attached hydrogens (tertiary/aromatic N) is 5. The Labute approximate surface area is 212 Å². The van der Waals surface area contributed by atoms with E-state index in [-0.39, 0.29) is 17.7 Å². The van der Waals surface area contributed by atoms with E-state index in [2.05, 4.69) is 19.8 Å². The minimum absolute atomic E-state index is 0.0353. The molecule has 0 atom stereocenters. The summed E-state index contributed by atoms with van der Waals surface area (Å²) in [5.74, 6) is -0.475. The standard InChI is InChI=1S/C27H26F3N5O2/c28-27(29,30)21-8-9-22-23(16-21)25(37)35(24(22)36)11-5-4-10-33-12-14-34(15-13-33)26-31-17-20(18-32-26)19-6-2-1-3-7-19/h1-3,6-9,16-18H,4-5,10-15H2. The highest BCUT2D eigenvalue weighted by Gasteiger charge is 2.38. The number of unbranched alkanes of at least 4 members (excludes halogenated alkanes) is 1. The first kappa shape index (κ1) is 24.9. The maximum atomic E-state index is 13.0. The van der Waals surface area contributed by atoms with E-state index in [1.54, 1.807) is 0 Å². The molecule has 0 saturated carbocycles. The van der Waals surface area contributed by atoms with E-state index in [9.17, 15) is 22.8 Å². The van der Waals surface area contributed by atoms with Crippen LogP contribution in [0.4, 0.5) is 19.1 Å². The molecule has 0 N–H and O–H groups in total. The van der Waals surface area contributed by atoms with Crippen molar-refractivity contribution in [1.29, 1.82) is 0 Å². The molecule has 5 rings (SSSR count). The van der Waals surface area contributed by atoms with E-state index in [0.29, 0.717) is 12.4 Å². The number of anilines is 1. The van der Waals surface area contributed by atoms with Gasteiger partial charge in [0.2, 0.25) is 5.95 Å². The second kappa shape index (κ2) is 10.3. The Hall–Kier alpha value is -3.79. The van der Waals surface area contributed by atoms with Gasteiger partial charge in [-0.2, -0.15) is 13.2 Å². The van der Waals surface area contributed by atoms with Crippen LogP contribution in [0.3, 0.4) is 0 Å². The fourth-order valence-electron chi connectivity index (χ4n) is 4.71. The van der Waals surface area contributed by atoms with Crippen LogP contribution in [0, 0.1) is 0 Å². The average molecular weight is 510 g/mol. The smallest absolute Gasteiger partial charge is 0.338 e. The number of hydrogen-bond acceptors (Lipinski definition) is 6. The number of aromatic nitrogens is 2. The van der Waals surface area contributed by atoms with Crippen LogP contribution in [0.1, 0.15) is 39.1 Å².